The molecule has 0 N–H and O–H groups in total. The molecular weight excluding hydrogens is 244 g/mol. The quantitative estimate of drug-likeness (QED) is 0.548. The molecule has 2 heteroatoms. The van der Waals surface area contributed by atoms with Crippen LogP contribution in [0, 0.1) is 0 Å². The van der Waals surface area contributed by atoms with Crippen molar-refractivity contribution in [1.82, 2.24) is 0 Å². The number of hydrogen-bond donors (Lipinski definition) is 0. The van der Waals surface area contributed by atoms with Gasteiger partial charge in [0, 0.05) is 19.3 Å². The number of thiophene rings is 2. The van der Waals surface area contributed by atoms with Gasteiger partial charge in [0.15, 0.2) is 0 Å². The summed E-state index contributed by atoms with van der Waals surface area (Å²) in [6, 6.07) is 15.4. The molecule has 3 aromatic rings. The zero-order chi connectivity index (χ0) is 11.8. The van der Waals surface area contributed by atoms with Crippen LogP contribution in [0.15, 0.2) is 42.5 Å². The maximum Gasteiger partial charge on any atom is 0.0455 e. The fourth-order valence-electron chi connectivity index (χ4n) is 1.90. The predicted octanol–water partition coefficient (Wildman–Crippen LogP) is 5.75. The molecule has 3 rings (SSSR count). The van der Waals surface area contributed by atoms with E-state index in [0.717, 1.165) is 0 Å². The third-order valence-corrected chi connectivity index (χ3v) is 5.56. The highest BCUT2D eigenvalue weighted by Gasteiger charge is 2.08. The Morgan fingerprint density at radius 1 is 0.882 bits per heavy atom. The van der Waals surface area contributed by atoms with Gasteiger partial charge in [0.1, 0.15) is 0 Å². The van der Waals surface area contributed by atoms with E-state index in [4.69, 9.17) is 0 Å². The molecule has 0 spiro atoms. The van der Waals surface area contributed by atoms with E-state index in [-0.39, 0.29) is 0 Å². The summed E-state index contributed by atoms with van der Waals surface area (Å²) in [5.41, 5.74) is 0. The summed E-state index contributed by atoms with van der Waals surface area (Å²) in [4.78, 5) is 4.26. The Kier molecular flexibility index (Phi) is 2.77. The maximum absolute atomic E-state index is 2.30. The van der Waals surface area contributed by atoms with E-state index < -0.39 is 0 Å². The highest BCUT2D eigenvalue weighted by atomic mass is 32.1. The minimum Gasteiger partial charge on any atom is -0.139 e. The molecule has 0 fully saturated rings. The second-order valence-electron chi connectivity index (χ2n) is 4.51. The third kappa shape index (κ3) is 2.03. The Morgan fingerprint density at radius 3 is 2.41 bits per heavy atom. The molecule has 0 atom stereocenters. The Bertz CT molecular complexity index is 611. The molecule has 0 saturated carbocycles. The Labute approximate surface area is 110 Å². The second kappa shape index (κ2) is 4.28. The summed E-state index contributed by atoms with van der Waals surface area (Å²) in [5, 5.41) is 1.35. The fraction of sp³-hybridized carbons (Fsp3) is 0.200. The van der Waals surface area contributed by atoms with Crippen molar-refractivity contribution in [2.75, 3.05) is 0 Å². The Hall–Kier alpha value is -1.12. The normalized spacial score (nSPS) is 11.5. The highest BCUT2D eigenvalue weighted by Crippen LogP contribution is 2.38. The number of hydrogen-bond acceptors (Lipinski definition) is 2. The van der Waals surface area contributed by atoms with Gasteiger partial charge in [-0.3, -0.25) is 0 Å². The molecule has 0 saturated heterocycles. The van der Waals surface area contributed by atoms with Gasteiger partial charge in [-0.05, 0) is 35.6 Å². The average molecular weight is 258 g/mol. The molecule has 0 radical (unpaired) electrons. The van der Waals surface area contributed by atoms with Crippen LogP contribution in [0.3, 0.4) is 0 Å². The molecule has 0 bridgehead atoms. The Balaban J connectivity index is 2.07. The molecule has 0 nitrogen and oxygen atoms in total. The molecule has 86 valence electrons. The summed E-state index contributed by atoms with van der Waals surface area (Å²) in [6.45, 7) is 4.50. The first-order chi connectivity index (χ1) is 8.24. The van der Waals surface area contributed by atoms with Gasteiger partial charge in [-0.15, -0.1) is 22.7 Å². The molecule has 2 aromatic heterocycles. The average Bonchev–Trinajstić information content (AvgIpc) is 2.95. The van der Waals surface area contributed by atoms with Crippen LogP contribution in [0.25, 0.3) is 19.8 Å². The van der Waals surface area contributed by atoms with Gasteiger partial charge in [-0.25, -0.2) is 0 Å². The molecule has 17 heavy (non-hydrogen) atoms. The van der Waals surface area contributed by atoms with Crippen molar-refractivity contribution >= 4 is 32.8 Å². The van der Waals surface area contributed by atoms with Crippen LogP contribution in [0.4, 0.5) is 0 Å². The van der Waals surface area contributed by atoms with Gasteiger partial charge in [0.05, 0.1) is 0 Å². The van der Waals surface area contributed by atoms with E-state index in [2.05, 4.69) is 56.3 Å². The molecule has 0 aliphatic heterocycles. The van der Waals surface area contributed by atoms with Gasteiger partial charge in [-0.2, -0.15) is 0 Å². The fourth-order valence-corrected chi connectivity index (χ4v) is 4.05. The smallest absolute Gasteiger partial charge is 0.0455 e. The summed E-state index contributed by atoms with van der Waals surface area (Å²) in [7, 11) is 0. The van der Waals surface area contributed by atoms with E-state index in [0.29, 0.717) is 5.92 Å². The van der Waals surface area contributed by atoms with Crippen molar-refractivity contribution in [3.63, 3.8) is 0 Å². The standard InChI is InChI=1S/C15H14S2/c1-10(2)12-7-8-14(16-12)15-9-11-5-3-4-6-13(11)17-15/h3-10H,1-2H3. The minimum absolute atomic E-state index is 0.628. The Morgan fingerprint density at radius 2 is 1.71 bits per heavy atom. The number of fused-ring (bicyclic) bond motifs is 1. The molecular formula is C15H14S2. The topological polar surface area (TPSA) is 0 Å². The molecule has 0 aliphatic rings. The van der Waals surface area contributed by atoms with Crippen molar-refractivity contribution in [3.8, 4) is 9.75 Å². The zero-order valence-electron chi connectivity index (χ0n) is 9.94. The van der Waals surface area contributed by atoms with Crippen LogP contribution in [0.2, 0.25) is 0 Å². The van der Waals surface area contributed by atoms with Crippen LogP contribution in [0.5, 0.6) is 0 Å². The van der Waals surface area contributed by atoms with Gasteiger partial charge in [-0.1, -0.05) is 32.0 Å². The second-order valence-corrected chi connectivity index (χ2v) is 6.70. The van der Waals surface area contributed by atoms with E-state index in [9.17, 15) is 0 Å². The summed E-state index contributed by atoms with van der Waals surface area (Å²) in [5.74, 6) is 0.628. The highest BCUT2D eigenvalue weighted by molar-refractivity contribution is 7.26. The predicted molar refractivity (Wildman–Crippen MR) is 79.2 cm³/mol. The van der Waals surface area contributed by atoms with Crippen LogP contribution in [-0.4, -0.2) is 0 Å². The van der Waals surface area contributed by atoms with E-state index in [1.165, 1.54) is 24.7 Å². The van der Waals surface area contributed by atoms with Gasteiger partial charge in [0.25, 0.3) is 0 Å². The van der Waals surface area contributed by atoms with Crippen LogP contribution < -0.4 is 0 Å². The lowest BCUT2D eigenvalue weighted by Crippen LogP contribution is -1.77. The van der Waals surface area contributed by atoms with E-state index in [1.54, 1.807) is 0 Å². The lowest BCUT2D eigenvalue weighted by molar-refractivity contribution is 0.890. The molecule has 0 aliphatic carbocycles. The third-order valence-electron chi connectivity index (χ3n) is 2.86. The first-order valence-corrected chi connectivity index (χ1v) is 7.46. The molecule has 0 amide bonds. The van der Waals surface area contributed by atoms with Crippen molar-refractivity contribution in [3.05, 3.63) is 47.3 Å². The van der Waals surface area contributed by atoms with Gasteiger partial charge in [0.2, 0.25) is 0 Å². The lowest BCUT2D eigenvalue weighted by atomic mass is 10.2. The molecule has 0 unspecified atom stereocenters. The summed E-state index contributed by atoms with van der Waals surface area (Å²) >= 11 is 3.81. The number of benzene rings is 1. The van der Waals surface area contributed by atoms with Gasteiger partial charge < -0.3 is 0 Å². The van der Waals surface area contributed by atoms with Crippen molar-refractivity contribution in [2.45, 2.75) is 19.8 Å². The van der Waals surface area contributed by atoms with E-state index in [1.807, 2.05) is 22.7 Å². The van der Waals surface area contributed by atoms with Crippen LogP contribution in [0.1, 0.15) is 24.6 Å². The first kappa shape index (κ1) is 11.0. The minimum atomic E-state index is 0.628. The monoisotopic (exact) mass is 258 g/mol. The molecule has 2 heterocycles. The summed E-state index contributed by atoms with van der Waals surface area (Å²) in [6.07, 6.45) is 0. The SMILES string of the molecule is CC(C)c1ccc(-c2cc3ccccc3s2)s1. The van der Waals surface area contributed by atoms with Crippen molar-refractivity contribution < 1.29 is 0 Å². The van der Waals surface area contributed by atoms with Gasteiger partial charge >= 0.3 is 0 Å². The zero-order valence-corrected chi connectivity index (χ0v) is 11.6. The summed E-state index contributed by atoms with van der Waals surface area (Å²) < 4.78 is 1.38. The lowest BCUT2D eigenvalue weighted by Gasteiger charge is -1.97. The first-order valence-electron chi connectivity index (χ1n) is 5.83. The maximum atomic E-state index is 2.30. The number of rotatable bonds is 2. The van der Waals surface area contributed by atoms with Crippen molar-refractivity contribution in [2.24, 2.45) is 0 Å². The molecule has 1 aromatic carbocycles. The van der Waals surface area contributed by atoms with Crippen LogP contribution in [-0.2, 0) is 0 Å². The van der Waals surface area contributed by atoms with Crippen molar-refractivity contribution in [1.29, 1.82) is 0 Å². The largest absolute Gasteiger partial charge is 0.139 e. The van der Waals surface area contributed by atoms with E-state index >= 15 is 0 Å². The van der Waals surface area contributed by atoms with Crippen LogP contribution >= 0.6 is 22.7 Å².